The highest BCUT2D eigenvalue weighted by atomic mass is 32.1. The Morgan fingerprint density at radius 1 is 1.32 bits per heavy atom. The average molecular weight is 284 g/mol. The van der Waals surface area contributed by atoms with Gasteiger partial charge in [-0.25, -0.2) is 4.98 Å². The molecule has 0 aromatic carbocycles. The van der Waals surface area contributed by atoms with Crippen LogP contribution in [0.5, 0.6) is 0 Å². The second-order valence-electron chi connectivity index (χ2n) is 6.25. The molecule has 1 N–H and O–H groups in total. The molecule has 0 aliphatic carbocycles. The minimum atomic E-state index is 0.0782. The van der Waals surface area contributed by atoms with Gasteiger partial charge in [0.25, 0.3) is 0 Å². The average Bonchev–Trinajstić information content (AvgIpc) is 2.70. The Balaban J connectivity index is 3.12. The zero-order valence-electron chi connectivity index (χ0n) is 13.3. The molecular weight excluding hydrogens is 256 g/mol. The molecule has 3 nitrogen and oxygen atoms in total. The first-order valence-corrected chi connectivity index (χ1v) is 7.86. The van der Waals surface area contributed by atoms with Crippen LogP contribution in [0, 0.1) is 5.92 Å². The van der Waals surface area contributed by atoms with Crippen LogP contribution < -0.4 is 5.32 Å². The van der Waals surface area contributed by atoms with Gasteiger partial charge in [-0.05, 0) is 12.5 Å². The van der Waals surface area contributed by atoms with Crippen LogP contribution in [0.2, 0.25) is 0 Å². The fourth-order valence-corrected chi connectivity index (χ4v) is 3.59. The van der Waals surface area contributed by atoms with Gasteiger partial charge in [0, 0.05) is 23.9 Å². The molecule has 1 heterocycles. The maximum absolute atomic E-state index is 5.61. The van der Waals surface area contributed by atoms with Gasteiger partial charge in [-0.3, -0.25) is 0 Å². The lowest BCUT2D eigenvalue weighted by Gasteiger charge is -2.18. The Labute approximate surface area is 121 Å². The van der Waals surface area contributed by atoms with Crippen molar-refractivity contribution in [3.05, 3.63) is 15.6 Å². The molecule has 1 unspecified atom stereocenters. The zero-order chi connectivity index (χ0) is 14.6. The number of nitrogens with zero attached hydrogens (tertiary/aromatic N) is 1. The second kappa shape index (κ2) is 6.82. The van der Waals surface area contributed by atoms with Crippen LogP contribution in [0.3, 0.4) is 0 Å². The molecule has 0 spiro atoms. The molecule has 0 aliphatic heterocycles. The Kier molecular flexibility index (Phi) is 5.96. The Morgan fingerprint density at radius 2 is 1.95 bits per heavy atom. The molecule has 0 amide bonds. The molecule has 19 heavy (non-hydrogen) atoms. The van der Waals surface area contributed by atoms with E-state index in [1.165, 1.54) is 10.6 Å². The van der Waals surface area contributed by atoms with Crippen molar-refractivity contribution in [1.82, 2.24) is 10.3 Å². The van der Waals surface area contributed by atoms with Gasteiger partial charge in [-0.15, -0.1) is 11.3 Å². The van der Waals surface area contributed by atoms with Crippen LogP contribution >= 0.6 is 11.3 Å². The number of methoxy groups -OCH3 is 1. The van der Waals surface area contributed by atoms with Crippen molar-refractivity contribution in [3.63, 3.8) is 0 Å². The van der Waals surface area contributed by atoms with E-state index in [9.17, 15) is 0 Å². The number of aromatic nitrogens is 1. The quantitative estimate of drug-likeness (QED) is 0.860. The third kappa shape index (κ3) is 4.26. The first-order valence-electron chi connectivity index (χ1n) is 7.04. The van der Waals surface area contributed by atoms with E-state index < -0.39 is 0 Å². The van der Waals surface area contributed by atoms with E-state index in [0.717, 1.165) is 18.1 Å². The fourth-order valence-electron chi connectivity index (χ4n) is 2.09. The topological polar surface area (TPSA) is 34.1 Å². The third-order valence-corrected chi connectivity index (χ3v) is 4.18. The van der Waals surface area contributed by atoms with E-state index in [-0.39, 0.29) is 11.5 Å². The predicted molar refractivity (Wildman–Crippen MR) is 82.8 cm³/mol. The van der Waals surface area contributed by atoms with Gasteiger partial charge in [0.15, 0.2) is 0 Å². The fraction of sp³-hybridized carbons (Fsp3) is 0.800. The standard InChI is InChI=1S/C15H28N2OS/c1-8-16-9-11-13(15(4,5)6)17-14(19-11)12(18-7)10(2)3/h10,12,16H,8-9H2,1-7H3. The van der Waals surface area contributed by atoms with Gasteiger partial charge >= 0.3 is 0 Å². The van der Waals surface area contributed by atoms with Gasteiger partial charge in [0.1, 0.15) is 11.1 Å². The van der Waals surface area contributed by atoms with Crippen LogP contribution in [-0.4, -0.2) is 18.6 Å². The van der Waals surface area contributed by atoms with Gasteiger partial charge in [-0.2, -0.15) is 0 Å². The Bertz CT molecular complexity index is 393. The molecule has 0 aliphatic rings. The smallest absolute Gasteiger partial charge is 0.122 e. The maximum Gasteiger partial charge on any atom is 0.122 e. The van der Waals surface area contributed by atoms with Crippen LogP contribution in [-0.2, 0) is 16.7 Å². The van der Waals surface area contributed by atoms with Crippen LogP contribution in [0.15, 0.2) is 0 Å². The summed E-state index contributed by atoms with van der Waals surface area (Å²) in [5.74, 6) is 0.441. The molecule has 1 atom stereocenters. The summed E-state index contributed by atoms with van der Waals surface area (Å²) in [6, 6.07) is 0. The van der Waals surface area contributed by atoms with Crippen molar-refractivity contribution in [1.29, 1.82) is 0 Å². The molecule has 0 radical (unpaired) electrons. The molecule has 0 fully saturated rings. The molecular formula is C15H28N2OS. The van der Waals surface area contributed by atoms with Crippen LogP contribution in [0.25, 0.3) is 0 Å². The summed E-state index contributed by atoms with van der Waals surface area (Å²) in [5.41, 5.74) is 1.28. The van der Waals surface area contributed by atoms with Gasteiger partial charge in [0.2, 0.25) is 0 Å². The highest BCUT2D eigenvalue weighted by Crippen LogP contribution is 2.35. The zero-order valence-corrected chi connectivity index (χ0v) is 14.1. The van der Waals surface area contributed by atoms with Gasteiger partial charge < -0.3 is 10.1 Å². The number of nitrogens with one attached hydrogen (secondary N) is 1. The summed E-state index contributed by atoms with van der Waals surface area (Å²) < 4.78 is 5.61. The first-order chi connectivity index (χ1) is 8.81. The van der Waals surface area contributed by atoms with Crippen molar-refractivity contribution >= 4 is 11.3 Å². The lowest BCUT2D eigenvalue weighted by Crippen LogP contribution is -2.18. The Hall–Kier alpha value is -0.450. The predicted octanol–water partition coefficient (Wildman–Crippen LogP) is 3.89. The highest BCUT2D eigenvalue weighted by Gasteiger charge is 2.27. The van der Waals surface area contributed by atoms with Crippen molar-refractivity contribution in [2.75, 3.05) is 13.7 Å². The lowest BCUT2D eigenvalue weighted by atomic mass is 9.91. The molecule has 1 aromatic rings. The molecule has 1 rings (SSSR count). The number of rotatable bonds is 6. The third-order valence-electron chi connectivity index (χ3n) is 3.06. The SMILES string of the molecule is CCNCc1sc(C(OC)C(C)C)nc1C(C)(C)C. The van der Waals surface area contributed by atoms with E-state index in [1.807, 2.05) is 0 Å². The number of thiazole rings is 1. The molecule has 0 saturated heterocycles. The lowest BCUT2D eigenvalue weighted by molar-refractivity contribution is 0.0642. The summed E-state index contributed by atoms with van der Waals surface area (Å²) in [6.07, 6.45) is 0.0986. The van der Waals surface area contributed by atoms with Crippen molar-refractivity contribution in [3.8, 4) is 0 Å². The number of ether oxygens (including phenoxy) is 1. The minimum Gasteiger partial charge on any atom is -0.374 e. The van der Waals surface area contributed by atoms with Gasteiger partial charge in [-0.1, -0.05) is 41.5 Å². The molecule has 4 heteroatoms. The van der Waals surface area contributed by atoms with E-state index in [1.54, 1.807) is 18.4 Å². The van der Waals surface area contributed by atoms with E-state index in [2.05, 4.69) is 46.9 Å². The largest absolute Gasteiger partial charge is 0.374 e. The summed E-state index contributed by atoms with van der Waals surface area (Å²) in [6.45, 7) is 15.0. The number of hydrogen-bond donors (Lipinski definition) is 1. The summed E-state index contributed by atoms with van der Waals surface area (Å²) in [4.78, 5) is 6.22. The number of hydrogen-bond acceptors (Lipinski definition) is 4. The van der Waals surface area contributed by atoms with Crippen molar-refractivity contribution < 1.29 is 4.74 Å². The normalized spacial score (nSPS) is 14.1. The summed E-state index contributed by atoms with van der Waals surface area (Å²) in [7, 11) is 1.77. The van der Waals surface area contributed by atoms with E-state index in [4.69, 9.17) is 9.72 Å². The van der Waals surface area contributed by atoms with Crippen LogP contribution in [0.1, 0.15) is 63.2 Å². The molecule has 0 bridgehead atoms. The molecule has 110 valence electrons. The monoisotopic (exact) mass is 284 g/mol. The molecule has 1 aromatic heterocycles. The van der Waals surface area contributed by atoms with E-state index in [0.29, 0.717) is 5.92 Å². The van der Waals surface area contributed by atoms with E-state index >= 15 is 0 Å². The maximum atomic E-state index is 5.61. The summed E-state index contributed by atoms with van der Waals surface area (Å²) >= 11 is 1.79. The summed E-state index contributed by atoms with van der Waals surface area (Å²) in [5, 5.41) is 4.51. The Morgan fingerprint density at radius 3 is 2.37 bits per heavy atom. The van der Waals surface area contributed by atoms with Crippen molar-refractivity contribution in [2.24, 2.45) is 5.92 Å². The minimum absolute atomic E-state index is 0.0782. The van der Waals surface area contributed by atoms with Gasteiger partial charge in [0.05, 0.1) is 5.69 Å². The molecule has 0 saturated carbocycles. The van der Waals surface area contributed by atoms with Crippen molar-refractivity contribution in [2.45, 2.75) is 59.6 Å². The first kappa shape index (κ1) is 16.6. The second-order valence-corrected chi connectivity index (χ2v) is 7.37. The van der Waals surface area contributed by atoms with Crippen LogP contribution in [0.4, 0.5) is 0 Å². The highest BCUT2D eigenvalue weighted by molar-refractivity contribution is 7.11.